The number of ether oxygens (including phenoxy) is 11. The summed E-state index contributed by atoms with van der Waals surface area (Å²) < 4.78 is 61.2. The minimum Gasteiger partial charge on any atom is -0.463 e. The van der Waals surface area contributed by atoms with Crippen molar-refractivity contribution < 1.29 is 85.7 Å². The summed E-state index contributed by atoms with van der Waals surface area (Å²) in [5, 5.41) is 0. The number of carbonyl (C=O) groups is 7. The van der Waals surface area contributed by atoms with Crippen LogP contribution in [0.15, 0.2) is 0 Å². The third-order valence-electron chi connectivity index (χ3n) is 6.29. The molecule has 2 aliphatic heterocycles. The SMILES string of the molecule is CC(=O)OC[C@H]1O[C@H](O[C@H]2[C@H](OC(C)=O)[C@@H](OC(C)=O)[C@H](OCCN)O[C@@H]2COC(C)=O)[C@H](OC(C)=O)[C@@H](OC(C)=O)[C@@H]1OC(C)=O. The quantitative estimate of drug-likeness (QED) is 0.163. The van der Waals surface area contributed by atoms with Crippen LogP contribution >= 0.6 is 0 Å². The zero-order valence-electron chi connectivity index (χ0n) is 27.0. The van der Waals surface area contributed by atoms with Gasteiger partial charge in [0, 0.05) is 55.0 Å². The Bertz CT molecular complexity index is 1140. The van der Waals surface area contributed by atoms with Crippen LogP contribution in [0.2, 0.25) is 0 Å². The van der Waals surface area contributed by atoms with E-state index in [2.05, 4.69) is 0 Å². The number of nitrogens with two attached hydrogens (primary N) is 1. The Morgan fingerprint density at radius 2 is 0.851 bits per heavy atom. The molecule has 0 radical (unpaired) electrons. The number of esters is 7. The molecule has 0 unspecified atom stereocenters. The van der Waals surface area contributed by atoms with Crippen molar-refractivity contribution >= 4 is 41.8 Å². The maximum absolute atomic E-state index is 12.3. The maximum atomic E-state index is 12.3. The molecule has 0 amide bonds. The molecule has 266 valence electrons. The normalized spacial score (nSPS) is 30.2. The van der Waals surface area contributed by atoms with Gasteiger partial charge < -0.3 is 57.8 Å². The Kier molecular flexibility index (Phi) is 15.4. The van der Waals surface area contributed by atoms with Gasteiger partial charge in [0.15, 0.2) is 43.1 Å². The van der Waals surface area contributed by atoms with Crippen molar-refractivity contribution in [3.63, 3.8) is 0 Å². The predicted molar refractivity (Wildman–Crippen MR) is 148 cm³/mol. The Balaban J connectivity index is 2.71. The summed E-state index contributed by atoms with van der Waals surface area (Å²) in [6.45, 7) is 6.30. The monoisotopic (exact) mass is 679 g/mol. The Morgan fingerprint density at radius 1 is 0.489 bits per heavy atom. The lowest BCUT2D eigenvalue weighted by molar-refractivity contribution is -0.360. The zero-order chi connectivity index (χ0) is 35.4. The van der Waals surface area contributed by atoms with E-state index in [1.807, 2.05) is 0 Å². The highest BCUT2D eigenvalue weighted by Crippen LogP contribution is 2.35. The molecule has 0 aromatic heterocycles. The van der Waals surface area contributed by atoms with Crippen LogP contribution in [0.5, 0.6) is 0 Å². The molecule has 19 nitrogen and oxygen atoms in total. The van der Waals surface area contributed by atoms with E-state index in [-0.39, 0.29) is 13.2 Å². The maximum Gasteiger partial charge on any atom is 0.303 e. The number of carbonyl (C=O) groups excluding carboxylic acids is 7. The van der Waals surface area contributed by atoms with Gasteiger partial charge in [-0.05, 0) is 0 Å². The third kappa shape index (κ3) is 12.3. The van der Waals surface area contributed by atoms with Crippen LogP contribution in [0.1, 0.15) is 48.5 Å². The molecule has 0 aliphatic carbocycles. The van der Waals surface area contributed by atoms with Gasteiger partial charge in [-0.25, -0.2) is 0 Å². The largest absolute Gasteiger partial charge is 0.463 e. The highest BCUT2D eigenvalue weighted by Gasteiger charge is 2.57. The first-order valence-corrected chi connectivity index (χ1v) is 14.4. The smallest absolute Gasteiger partial charge is 0.303 e. The first kappa shape index (κ1) is 39.3. The standard InChI is InChI=1S/C28H41NO18/c1-12(30)38-10-19-21(40-14(3)32)23(41-15(4)33)26(44-18(7)36)28(46-19)47-22-20(11-39-13(2)31)45-27(37-9-8-29)25(43-17(6)35)24(22)42-16(5)34/h19-28H,8-11,29H2,1-7H3/t19-,20-,21-,22-,23+,24+,25-,26-,27-,28-/m1/s1. The molecule has 2 saturated heterocycles. The van der Waals surface area contributed by atoms with Gasteiger partial charge >= 0.3 is 41.8 Å². The molecule has 2 heterocycles. The molecule has 19 heteroatoms. The fraction of sp³-hybridized carbons (Fsp3) is 0.750. The summed E-state index contributed by atoms with van der Waals surface area (Å²) in [7, 11) is 0. The number of hydrogen-bond acceptors (Lipinski definition) is 19. The topological polar surface area (TPSA) is 247 Å². The predicted octanol–water partition coefficient (Wildman–Crippen LogP) is -1.42. The molecular formula is C28H41NO18. The van der Waals surface area contributed by atoms with Gasteiger partial charge in [0.25, 0.3) is 0 Å². The van der Waals surface area contributed by atoms with Gasteiger partial charge in [0.05, 0.1) is 6.61 Å². The molecule has 0 aromatic carbocycles. The van der Waals surface area contributed by atoms with E-state index in [1.165, 1.54) is 0 Å². The molecule has 2 N–H and O–H groups in total. The van der Waals surface area contributed by atoms with Crippen LogP contribution in [-0.4, -0.2) is 130 Å². The Hall–Kier alpha value is -3.91. The summed E-state index contributed by atoms with van der Waals surface area (Å²) in [5.41, 5.74) is 5.57. The minimum atomic E-state index is -1.78. The van der Waals surface area contributed by atoms with Gasteiger partial charge in [-0.3, -0.25) is 33.6 Å². The number of hydrogen-bond donors (Lipinski definition) is 1. The van der Waals surface area contributed by atoms with E-state index in [0.29, 0.717) is 0 Å². The summed E-state index contributed by atoms with van der Waals surface area (Å²) >= 11 is 0. The minimum absolute atomic E-state index is 0.0180. The Labute approximate surface area is 269 Å². The van der Waals surface area contributed by atoms with Crippen LogP contribution in [0, 0.1) is 0 Å². The van der Waals surface area contributed by atoms with Crippen molar-refractivity contribution in [2.24, 2.45) is 5.73 Å². The average molecular weight is 680 g/mol. The van der Waals surface area contributed by atoms with Crippen molar-refractivity contribution in [3.8, 4) is 0 Å². The average Bonchev–Trinajstić information content (AvgIpc) is 2.94. The second-order valence-corrected chi connectivity index (χ2v) is 10.3. The molecule has 47 heavy (non-hydrogen) atoms. The van der Waals surface area contributed by atoms with Gasteiger partial charge in [0.1, 0.15) is 31.5 Å². The third-order valence-corrected chi connectivity index (χ3v) is 6.29. The van der Waals surface area contributed by atoms with Gasteiger partial charge in [-0.15, -0.1) is 0 Å². The fourth-order valence-electron chi connectivity index (χ4n) is 4.79. The van der Waals surface area contributed by atoms with Crippen LogP contribution in [0.4, 0.5) is 0 Å². The van der Waals surface area contributed by atoms with E-state index in [0.717, 1.165) is 48.5 Å². The molecule has 0 bridgehead atoms. The van der Waals surface area contributed by atoms with Crippen LogP contribution in [0.25, 0.3) is 0 Å². The molecule has 0 saturated carbocycles. The van der Waals surface area contributed by atoms with E-state index in [4.69, 9.17) is 57.8 Å². The highest BCUT2D eigenvalue weighted by molar-refractivity contribution is 5.69. The lowest BCUT2D eigenvalue weighted by Crippen LogP contribution is -2.67. The summed E-state index contributed by atoms with van der Waals surface area (Å²) in [6, 6.07) is 0. The van der Waals surface area contributed by atoms with Crippen molar-refractivity contribution in [2.75, 3.05) is 26.4 Å². The van der Waals surface area contributed by atoms with Crippen molar-refractivity contribution in [1.29, 1.82) is 0 Å². The first-order valence-electron chi connectivity index (χ1n) is 14.4. The second kappa shape index (κ2) is 18.4. The molecule has 2 aliphatic rings. The molecular weight excluding hydrogens is 638 g/mol. The summed E-state index contributed by atoms with van der Waals surface area (Å²) in [6.07, 6.45) is -15.3. The van der Waals surface area contributed by atoms with Crippen molar-refractivity contribution in [1.82, 2.24) is 0 Å². The Morgan fingerprint density at radius 3 is 1.28 bits per heavy atom. The molecule has 0 aromatic rings. The number of rotatable bonds is 14. The lowest BCUT2D eigenvalue weighted by Gasteiger charge is -2.48. The zero-order valence-corrected chi connectivity index (χ0v) is 27.0. The van der Waals surface area contributed by atoms with Gasteiger partial charge in [-0.1, -0.05) is 0 Å². The second-order valence-electron chi connectivity index (χ2n) is 10.3. The van der Waals surface area contributed by atoms with Crippen LogP contribution < -0.4 is 5.73 Å². The van der Waals surface area contributed by atoms with E-state index in [9.17, 15) is 33.6 Å². The first-order chi connectivity index (χ1) is 22.0. The van der Waals surface area contributed by atoms with Gasteiger partial charge in [0.2, 0.25) is 0 Å². The molecule has 0 spiro atoms. The van der Waals surface area contributed by atoms with Gasteiger partial charge in [-0.2, -0.15) is 0 Å². The van der Waals surface area contributed by atoms with Crippen LogP contribution in [0.3, 0.4) is 0 Å². The van der Waals surface area contributed by atoms with Crippen LogP contribution in [-0.2, 0) is 85.7 Å². The van der Waals surface area contributed by atoms with Crippen molar-refractivity contribution in [3.05, 3.63) is 0 Å². The highest BCUT2D eigenvalue weighted by atomic mass is 16.8. The molecule has 2 rings (SSSR count). The molecule has 2 fully saturated rings. The fourth-order valence-corrected chi connectivity index (χ4v) is 4.79. The lowest BCUT2D eigenvalue weighted by atomic mass is 9.96. The summed E-state index contributed by atoms with van der Waals surface area (Å²) in [5.74, 6) is -5.83. The summed E-state index contributed by atoms with van der Waals surface area (Å²) in [4.78, 5) is 84.5. The van der Waals surface area contributed by atoms with Crippen molar-refractivity contribution in [2.45, 2.75) is 110 Å². The van der Waals surface area contributed by atoms with E-state index >= 15 is 0 Å². The van der Waals surface area contributed by atoms with E-state index in [1.54, 1.807) is 0 Å². The molecule has 10 atom stereocenters. The van der Waals surface area contributed by atoms with E-state index < -0.39 is 116 Å².